The molecule has 2 nitrogen and oxygen atoms in total. The van der Waals surface area contributed by atoms with Crippen molar-refractivity contribution in [2.45, 2.75) is 26.8 Å². The van der Waals surface area contributed by atoms with Gasteiger partial charge < -0.3 is 5.32 Å². The topological polar surface area (TPSA) is 29.1 Å². The van der Waals surface area contributed by atoms with E-state index in [2.05, 4.69) is 11.4 Å². The van der Waals surface area contributed by atoms with Crippen molar-refractivity contribution in [3.63, 3.8) is 0 Å². The van der Waals surface area contributed by atoms with Crippen molar-refractivity contribution in [2.24, 2.45) is 0 Å². The molecule has 0 bridgehead atoms. The highest BCUT2D eigenvalue weighted by molar-refractivity contribution is 6.36. The van der Waals surface area contributed by atoms with Gasteiger partial charge >= 0.3 is 0 Å². The van der Waals surface area contributed by atoms with Crippen LogP contribution in [0, 0.1) is 13.8 Å². The zero-order valence-electron chi connectivity index (χ0n) is 12.2. The lowest BCUT2D eigenvalue weighted by Crippen LogP contribution is -2.27. The Kier molecular flexibility index (Phi) is 4.92. The summed E-state index contributed by atoms with van der Waals surface area (Å²) < 4.78 is 0. The van der Waals surface area contributed by atoms with E-state index in [1.54, 1.807) is 18.2 Å². The monoisotopic (exact) mass is 321 g/mol. The number of aryl methyl sites for hydroxylation is 2. The predicted molar refractivity (Wildman–Crippen MR) is 88.3 cm³/mol. The number of carbonyl (C=O) groups is 1. The highest BCUT2D eigenvalue weighted by Gasteiger charge is 2.15. The molecule has 0 fully saturated rings. The van der Waals surface area contributed by atoms with Gasteiger partial charge in [-0.25, -0.2) is 0 Å². The van der Waals surface area contributed by atoms with Crippen LogP contribution >= 0.6 is 23.2 Å². The first-order chi connectivity index (χ1) is 9.88. The molecule has 0 spiro atoms. The smallest absolute Gasteiger partial charge is 0.253 e. The zero-order chi connectivity index (χ0) is 15.6. The van der Waals surface area contributed by atoms with Crippen LogP contribution in [0.3, 0.4) is 0 Å². The summed E-state index contributed by atoms with van der Waals surface area (Å²) in [5, 5.41) is 3.83. The Morgan fingerprint density at radius 3 is 2.43 bits per heavy atom. The van der Waals surface area contributed by atoms with Gasteiger partial charge in [0.05, 0.1) is 16.6 Å². The molecule has 0 unspecified atom stereocenters. The molecule has 2 aromatic rings. The third kappa shape index (κ3) is 3.78. The van der Waals surface area contributed by atoms with Crippen LogP contribution in [0.4, 0.5) is 0 Å². The highest BCUT2D eigenvalue weighted by Crippen LogP contribution is 2.23. The van der Waals surface area contributed by atoms with E-state index >= 15 is 0 Å². The van der Waals surface area contributed by atoms with E-state index in [0.717, 1.165) is 11.1 Å². The van der Waals surface area contributed by atoms with Gasteiger partial charge in [-0.15, -0.1) is 0 Å². The van der Waals surface area contributed by atoms with Crippen molar-refractivity contribution in [3.8, 4) is 0 Å². The van der Waals surface area contributed by atoms with Gasteiger partial charge in [-0.1, -0.05) is 47.0 Å². The van der Waals surface area contributed by atoms with Gasteiger partial charge in [0.25, 0.3) is 5.91 Å². The Hall–Kier alpha value is -1.51. The van der Waals surface area contributed by atoms with Crippen LogP contribution in [0.15, 0.2) is 36.4 Å². The standard InChI is InChI=1S/C17H17Cl2NO/c1-10-4-6-14(11(2)8-10)12(3)20-17(21)15-7-5-13(18)9-16(15)19/h4-9,12H,1-3H3,(H,20,21)/t12-/m0/s1. The molecule has 0 radical (unpaired) electrons. The minimum atomic E-state index is -0.204. The van der Waals surface area contributed by atoms with Gasteiger partial charge in [-0.3, -0.25) is 4.79 Å². The van der Waals surface area contributed by atoms with Gasteiger partial charge in [-0.05, 0) is 50.1 Å². The quantitative estimate of drug-likeness (QED) is 0.837. The predicted octanol–water partition coefficient (Wildman–Crippen LogP) is 5.10. The average Bonchev–Trinajstić information content (AvgIpc) is 2.37. The Morgan fingerprint density at radius 2 is 1.81 bits per heavy atom. The SMILES string of the molecule is Cc1ccc([C@H](C)NC(=O)c2ccc(Cl)cc2Cl)c(C)c1. The third-order valence-electron chi connectivity index (χ3n) is 3.42. The van der Waals surface area contributed by atoms with Gasteiger partial charge in [0, 0.05) is 5.02 Å². The van der Waals surface area contributed by atoms with Crippen molar-refractivity contribution < 1.29 is 4.79 Å². The van der Waals surface area contributed by atoms with Crippen molar-refractivity contribution in [3.05, 3.63) is 68.7 Å². The molecule has 0 saturated carbocycles. The van der Waals surface area contributed by atoms with E-state index in [9.17, 15) is 4.79 Å². The lowest BCUT2D eigenvalue weighted by atomic mass is 10.00. The van der Waals surface area contributed by atoms with Gasteiger partial charge in [-0.2, -0.15) is 0 Å². The maximum Gasteiger partial charge on any atom is 0.253 e. The molecule has 4 heteroatoms. The third-order valence-corrected chi connectivity index (χ3v) is 3.96. The fourth-order valence-electron chi connectivity index (χ4n) is 2.34. The van der Waals surface area contributed by atoms with E-state index < -0.39 is 0 Å². The van der Waals surface area contributed by atoms with Crippen LogP contribution in [0.1, 0.15) is 40.0 Å². The molecule has 21 heavy (non-hydrogen) atoms. The Morgan fingerprint density at radius 1 is 1.10 bits per heavy atom. The van der Waals surface area contributed by atoms with Crippen LogP contribution < -0.4 is 5.32 Å². The lowest BCUT2D eigenvalue weighted by Gasteiger charge is -2.17. The van der Waals surface area contributed by atoms with E-state index in [-0.39, 0.29) is 11.9 Å². The number of rotatable bonds is 3. The summed E-state index contributed by atoms with van der Waals surface area (Å²) in [6, 6.07) is 11.0. The average molecular weight is 322 g/mol. The number of halogens is 2. The minimum Gasteiger partial charge on any atom is -0.345 e. The van der Waals surface area contributed by atoms with Crippen LogP contribution in [-0.4, -0.2) is 5.91 Å². The Labute approximate surface area is 135 Å². The molecule has 1 amide bonds. The fraction of sp³-hybridized carbons (Fsp3) is 0.235. The number of benzene rings is 2. The van der Waals surface area contributed by atoms with E-state index in [0.29, 0.717) is 15.6 Å². The van der Waals surface area contributed by atoms with Crippen molar-refractivity contribution in [2.75, 3.05) is 0 Å². The highest BCUT2D eigenvalue weighted by atomic mass is 35.5. The molecule has 110 valence electrons. The molecular weight excluding hydrogens is 305 g/mol. The molecule has 0 aliphatic rings. The number of nitrogens with one attached hydrogen (secondary N) is 1. The molecule has 1 N–H and O–H groups in total. The van der Waals surface area contributed by atoms with Crippen LogP contribution in [0.2, 0.25) is 10.0 Å². The minimum absolute atomic E-state index is 0.0927. The van der Waals surface area contributed by atoms with E-state index in [1.165, 1.54) is 5.56 Å². The summed E-state index contributed by atoms with van der Waals surface area (Å²) in [5.74, 6) is -0.204. The van der Waals surface area contributed by atoms with Crippen LogP contribution in [0.5, 0.6) is 0 Å². The molecular formula is C17H17Cl2NO. The summed E-state index contributed by atoms with van der Waals surface area (Å²) >= 11 is 11.9. The van der Waals surface area contributed by atoms with E-state index in [1.807, 2.05) is 32.9 Å². The summed E-state index contributed by atoms with van der Waals surface area (Å²) in [6.45, 7) is 6.05. The Bertz CT molecular complexity index is 682. The van der Waals surface area contributed by atoms with Crippen molar-refractivity contribution in [1.82, 2.24) is 5.32 Å². The molecule has 2 aromatic carbocycles. The molecule has 0 aromatic heterocycles. The Balaban J connectivity index is 2.18. The van der Waals surface area contributed by atoms with Crippen LogP contribution in [0.25, 0.3) is 0 Å². The molecule has 0 aliphatic heterocycles. The first-order valence-electron chi connectivity index (χ1n) is 6.71. The number of hydrogen-bond donors (Lipinski definition) is 1. The molecule has 2 rings (SSSR count). The summed E-state index contributed by atoms with van der Waals surface area (Å²) in [5.41, 5.74) is 3.89. The largest absolute Gasteiger partial charge is 0.345 e. The van der Waals surface area contributed by atoms with E-state index in [4.69, 9.17) is 23.2 Å². The van der Waals surface area contributed by atoms with Gasteiger partial charge in [0.2, 0.25) is 0 Å². The molecule has 0 saturated heterocycles. The summed E-state index contributed by atoms with van der Waals surface area (Å²) in [7, 11) is 0. The van der Waals surface area contributed by atoms with Gasteiger partial charge in [0.15, 0.2) is 0 Å². The number of hydrogen-bond acceptors (Lipinski definition) is 1. The van der Waals surface area contributed by atoms with Crippen LogP contribution in [-0.2, 0) is 0 Å². The second-order valence-corrected chi connectivity index (χ2v) is 6.02. The number of carbonyl (C=O) groups excluding carboxylic acids is 1. The molecule has 0 aliphatic carbocycles. The molecule has 1 atom stereocenters. The fourth-order valence-corrected chi connectivity index (χ4v) is 2.83. The summed E-state index contributed by atoms with van der Waals surface area (Å²) in [4.78, 5) is 12.3. The zero-order valence-corrected chi connectivity index (χ0v) is 13.7. The normalized spacial score (nSPS) is 12.0. The maximum atomic E-state index is 12.3. The van der Waals surface area contributed by atoms with Crippen molar-refractivity contribution in [1.29, 1.82) is 0 Å². The second-order valence-electron chi connectivity index (χ2n) is 5.18. The first-order valence-corrected chi connectivity index (χ1v) is 7.47. The summed E-state index contributed by atoms with van der Waals surface area (Å²) in [6.07, 6.45) is 0. The first kappa shape index (κ1) is 15.9. The van der Waals surface area contributed by atoms with Gasteiger partial charge in [0.1, 0.15) is 0 Å². The second kappa shape index (κ2) is 6.50. The lowest BCUT2D eigenvalue weighted by molar-refractivity contribution is 0.0940. The maximum absolute atomic E-state index is 12.3. The number of amides is 1. The van der Waals surface area contributed by atoms with Crippen molar-refractivity contribution >= 4 is 29.1 Å². The molecule has 0 heterocycles.